The van der Waals surface area contributed by atoms with Gasteiger partial charge in [-0.3, -0.25) is 9.78 Å². The summed E-state index contributed by atoms with van der Waals surface area (Å²) in [5.41, 5.74) is 8.76. The van der Waals surface area contributed by atoms with Gasteiger partial charge in [-0.2, -0.15) is 0 Å². The first-order valence-electron chi connectivity index (χ1n) is 9.08. The van der Waals surface area contributed by atoms with Gasteiger partial charge in [-0.1, -0.05) is 18.2 Å². The van der Waals surface area contributed by atoms with Crippen LogP contribution in [0.1, 0.15) is 12.8 Å². The predicted octanol–water partition coefficient (Wildman–Crippen LogP) is 2.08. The van der Waals surface area contributed by atoms with Crippen molar-refractivity contribution < 1.29 is 9.21 Å². The topological polar surface area (TPSA) is 95.6 Å². The number of hydrogen-bond donors (Lipinski definition) is 2. The molecule has 1 aliphatic heterocycles. The SMILES string of the molecule is NC(=O)CCC1CN(c2ccccc2)CCN1c1ccc2[nH]c(=O)oc2c1. The third kappa shape index (κ3) is 3.67. The first kappa shape index (κ1) is 17.2. The second-order valence-electron chi connectivity index (χ2n) is 6.83. The third-order valence-corrected chi connectivity index (χ3v) is 5.06. The normalized spacial score (nSPS) is 17.4. The lowest BCUT2D eigenvalue weighted by molar-refractivity contribution is -0.118. The van der Waals surface area contributed by atoms with E-state index < -0.39 is 5.76 Å². The van der Waals surface area contributed by atoms with Crippen LogP contribution < -0.4 is 21.3 Å². The highest BCUT2D eigenvalue weighted by molar-refractivity contribution is 5.77. The summed E-state index contributed by atoms with van der Waals surface area (Å²) in [5.74, 6) is -0.750. The van der Waals surface area contributed by atoms with Crippen LogP contribution in [0.25, 0.3) is 11.1 Å². The first-order chi connectivity index (χ1) is 13.1. The van der Waals surface area contributed by atoms with Gasteiger partial charge in [0.15, 0.2) is 5.58 Å². The molecule has 140 valence electrons. The van der Waals surface area contributed by atoms with Crippen LogP contribution in [0, 0.1) is 0 Å². The van der Waals surface area contributed by atoms with E-state index in [4.69, 9.17) is 10.2 Å². The van der Waals surface area contributed by atoms with Crippen LogP contribution >= 0.6 is 0 Å². The Balaban J connectivity index is 1.61. The predicted molar refractivity (Wildman–Crippen MR) is 105 cm³/mol. The molecule has 1 amide bonds. The molecule has 3 aromatic rings. The number of fused-ring (bicyclic) bond motifs is 1. The molecule has 2 heterocycles. The lowest BCUT2D eigenvalue weighted by Gasteiger charge is -2.44. The number of carbonyl (C=O) groups is 1. The molecule has 0 aliphatic carbocycles. The van der Waals surface area contributed by atoms with Gasteiger partial charge < -0.3 is 20.0 Å². The fourth-order valence-electron chi connectivity index (χ4n) is 3.74. The molecule has 0 spiro atoms. The number of nitrogens with one attached hydrogen (secondary N) is 1. The molecule has 3 N–H and O–H groups in total. The van der Waals surface area contributed by atoms with Crippen molar-refractivity contribution in [2.45, 2.75) is 18.9 Å². The van der Waals surface area contributed by atoms with Crippen LogP contribution in [0.4, 0.5) is 11.4 Å². The zero-order valence-electron chi connectivity index (χ0n) is 14.9. The molecule has 7 heteroatoms. The number of piperazine rings is 1. The fraction of sp³-hybridized carbons (Fsp3) is 0.300. The molecule has 0 radical (unpaired) electrons. The van der Waals surface area contributed by atoms with Crippen LogP contribution in [0.15, 0.2) is 57.7 Å². The number of oxazole rings is 1. The van der Waals surface area contributed by atoms with E-state index in [1.165, 1.54) is 5.69 Å². The number of para-hydroxylation sites is 1. The van der Waals surface area contributed by atoms with E-state index in [1.807, 2.05) is 36.4 Å². The molecule has 1 saturated heterocycles. The van der Waals surface area contributed by atoms with Crippen molar-refractivity contribution in [3.8, 4) is 0 Å². The van der Waals surface area contributed by atoms with E-state index in [9.17, 15) is 9.59 Å². The summed E-state index contributed by atoms with van der Waals surface area (Å²) in [6, 6.07) is 16.1. The maximum absolute atomic E-state index is 11.4. The minimum Gasteiger partial charge on any atom is -0.408 e. The average molecular weight is 366 g/mol. The Morgan fingerprint density at radius 3 is 2.74 bits per heavy atom. The second kappa shape index (κ2) is 7.19. The number of H-pyrrole nitrogens is 1. The molecule has 27 heavy (non-hydrogen) atoms. The second-order valence-corrected chi connectivity index (χ2v) is 6.83. The number of hydrogen-bond acceptors (Lipinski definition) is 5. The van der Waals surface area contributed by atoms with Crippen LogP contribution in [-0.4, -0.2) is 36.6 Å². The van der Waals surface area contributed by atoms with Gasteiger partial charge in [0.1, 0.15) is 0 Å². The van der Waals surface area contributed by atoms with Crippen molar-refractivity contribution in [3.05, 3.63) is 59.1 Å². The molecule has 1 aromatic heterocycles. The summed E-state index contributed by atoms with van der Waals surface area (Å²) >= 11 is 0. The van der Waals surface area contributed by atoms with Crippen LogP contribution in [0.3, 0.4) is 0 Å². The number of benzene rings is 2. The van der Waals surface area contributed by atoms with Crippen molar-refractivity contribution in [3.63, 3.8) is 0 Å². The number of nitrogens with two attached hydrogens (primary N) is 1. The molecule has 4 rings (SSSR count). The summed E-state index contributed by atoms with van der Waals surface area (Å²) in [6.07, 6.45) is 1.01. The number of anilines is 2. The quantitative estimate of drug-likeness (QED) is 0.721. The lowest BCUT2D eigenvalue weighted by Crippen LogP contribution is -2.53. The minimum atomic E-state index is -0.457. The Morgan fingerprint density at radius 1 is 1.15 bits per heavy atom. The molecule has 0 saturated carbocycles. The number of rotatable bonds is 5. The highest BCUT2D eigenvalue weighted by Crippen LogP contribution is 2.28. The van der Waals surface area contributed by atoms with Gasteiger partial charge in [0.05, 0.1) is 5.52 Å². The van der Waals surface area contributed by atoms with Crippen molar-refractivity contribution in [1.29, 1.82) is 0 Å². The third-order valence-electron chi connectivity index (χ3n) is 5.06. The lowest BCUT2D eigenvalue weighted by atomic mass is 10.0. The molecule has 7 nitrogen and oxygen atoms in total. The molecular formula is C20H22N4O3. The summed E-state index contributed by atoms with van der Waals surface area (Å²) in [7, 11) is 0. The fourth-order valence-corrected chi connectivity index (χ4v) is 3.74. The van der Waals surface area contributed by atoms with E-state index >= 15 is 0 Å². The number of nitrogens with zero attached hydrogens (tertiary/aromatic N) is 2. The number of aromatic nitrogens is 1. The summed E-state index contributed by atoms with van der Waals surface area (Å²) in [6.45, 7) is 2.47. The van der Waals surface area contributed by atoms with Gasteiger partial charge in [0.2, 0.25) is 5.91 Å². The maximum Gasteiger partial charge on any atom is 0.417 e. The highest BCUT2D eigenvalue weighted by atomic mass is 16.4. The molecule has 1 aliphatic rings. The number of carbonyl (C=O) groups excluding carboxylic acids is 1. The van der Waals surface area contributed by atoms with Gasteiger partial charge >= 0.3 is 5.76 Å². The monoisotopic (exact) mass is 366 g/mol. The average Bonchev–Trinajstić information content (AvgIpc) is 3.06. The van der Waals surface area contributed by atoms with Crippen molar-refractivity contribution in [2.24, 2.45) is 5.73 Å². The Hall–Kier alpha value is -3.22. The number of aromatic amines is 1. The maximum atomic E-state index is 11.4. The van der Waals surface area contributed by atoms with Gasteiger partial charge in [-0.05, 0) is 30.7 Å². The van der Waals surface area contributed by atoms with Gasteiger partial charge in [-0.15, -0.1) is 0 Å². The molecule has 1 fully saturated rings. The molecule has 1 atom stereocenters. The molecular weight excluding hydrogens is 344 g/mol. The van der Waals surface area contributed by atoms with Crippen LogP contribution in [0.2, 0.25) is 0 Å². The Morgan fingerprint density at radius 2 is 1.96 bits per heavy atom. The van der Waals surface area contributed by atoms with E-state index in [-0.39, 0.29) is 11.9 Å². The standard InChI is InChI=1S/C20H22N4O3/c21-19(25)9-7-16-13-23(14-4-2-1-3-5-14)10-11-24(16)15-6-8-17-18(12-15)27-20(26)22-17/h1-6,8,12,16H,7,9-11,13H2,(H2,21,25)(H,22,26). The van der Waals surface area contributed by atoms with Gasteiger partial charge in [0, 0.05) is 49.5 Å². The zero-order chi connectivity index (χ0) is 18.8. The van der Waals surface area contributed by atoms with Crippen molar-refractivity contribution in [1.82, 2.24) is 4.98 Å². The summed E-state index contributed by atoms with van der Waals surface area (Å²) in [5, 5.41) is 0. The van der Waals surface area contributed by atoms with Gasteiger partial charge in [-0.25, -0.2) is 4.79 Å². The molecule has 1 unspecified atom stereocenters. The number of primary amides is 1. The van der Waals surface area contributed by atoms with Gasteiger partial charge in [0.25, 0.3) is 0 Å². The molecule has 0 bridgehead atoms. The van der Waals surface area contributed by atoms with E-state index in [0.717, 1.165) is 25.3 Å². The largest absolute Gasteiger partial charge is 0.417 e. The van der Waals surface area contributed by atoms with E-state index in [0.29, 0.717) is 23.9 Å². The zero-order valence-corrected chi connectivity index (χ0v) is 14.9. The molecule has 2 aromatic carbocycles. The Kier molecular flexibility index (Phi) is 4.58. The highest BCUT2D eigenvalue weighted by Gasteiger charge is 2.28. The van der Waals surface area contributed by atoms with Crippen LogP contribution in [0.5, 0.6) is 0 Å². The smallest absolute Gasteiger partial charge is 0.408 e. The summed E-state index contributed by atoms with van der Waals surface area (Å²) < 4.78 is 5.20. The van der Waals surface area contributed by atoms with E-state index in [1.54, 1.807) is 0 Å². The number of amides is 1. The Bertz CT molecular complexity index is 995. The summed E-state index contributed by atoms with van der Waals surface area (Å²) in [4.78, 5) is 30.0. The Labute approximate surface area is 156 Å². The van der Waals surface area contributed by atoms with E-state index in [2.05, 4.69) is 26.9 Å². The first-order valence-corrected chi connectivity index (χ1v) is 9.08. The van der Waals surface area contributed by atoms with Crippen molar-refractivity contribution in [2.75, 3.05) is 29.4 Å². The van der Waals surface area contributed by atoms with Crippen LogP contribution in [-0.2, 0) is 4.79 Å². The minimum absolute atomic E-state index is 0.134. The van der Waals surface area contributed by atoms with Crippen molar-refractivity contribution >= 4 is 28.4 Å².